The van der Waals surface area contributed by atoms with E-state index in [1.54, 1.807) is 30.3 Å². The third kappa shape index (κ3) is 4.56. The number of sulfonamides is 1. The van der Waals surface area contributed by atoms with Crippen LogP contribution in [0.5, 0.6) is 0 Å². The number of aromatic nitrogens is 2. The molecule has 0 radical (unpaired) electrons. The molecule has 2 heterocycles. The lowest BCUT2D eigenvalue weighted by atomic mass is 10.2. The Labute approximate surface area is 180 Å². The second-order valence-corrected chi connectivity index (χ2v) is 9.45. The van der Waals surface area contributed by atoms with Crippen molar-refractivity contribution >= 4 is 27.4 Å². The molecule has 156 valence electrons. The van der Waals surface area contributed by atoms with Gasteiger partial charge in [-0.3, -0.25) is 4.79 Å². The van der Waals surface area contributed by atoms with Crippen LogP contribution in [0.2, 0.25) is 5.02 Å². The lowest BCUT2D eigenvalue weighted by molar-refractivity contribution is 0.382. The van der Waals surface area contributed by atoms with Gasteiger partial charge >= 0.3 is 0 Å². The van der Waals surface area contributed by atoms with E-state index in [4.69, 9.17) is 11.6 Å². The smallest absolute Gasteiger partial charge is 0.271 e. The molecule has 30 heavy (non-hydrogen) atoms. The van der Waals surface area contributed by atoms with Gasteiger partial charge in [-0.05, 0) is 35.9 Å². The monoisotopic (exact) mass is 444 g/mol. The van der Waals surface area contributed by atoms with Gasteiger partial charge in [0.25, 0.3) is 5.56 Å². The third-order valence-corrected chi connectivity index (χ3v) is 7.11. The van der Waals surface area contributed by atoms with E-state index in [0.29, 0.717) is 42.7 Å². The van der Waals surface area contributed by atoms with E-state index < -0.39 is 10.0 Å². The van der Waals surface area contributed by atoms with Crippen molar-refractivity contribution in [2.24, 2.45) is 0 Å². The van der Waals surface area contributed by atoms with Crippen molar-refractivity contribution in [1.82, 2.24) is 14.1 Å². The van der Waals surface area contributed by atoms with E-state index >= 15 is 0 Å². The quantitative estimate of drug-likeness (QED) is 0.604. The van der Waals surface area contributed by atoms with Gasteiger partial charge in [-0.2, -0.15) is 8.99 Å². The summed E-state index contributed by atoms with van der Waals surface area (Å²) in [4.78, 5) is 14.2. The molecule has 3 aromatic rings. The summed E-state index contributed by atoms with van der Waals surface area (Å²) in [6.45, 7) is 1.74. The lowest BCUT2D eigenvalue weighted by Crippen LogP contribution is -2.49. The summed E-state index contributed by atoms with van der Waals surface area (Å²) in [5.41, 5.74) is 1.15. The summed E-state index contributed by atoms with van der Waals surface area (Å²) in [5, 5.41) is 5.05. The van der Waals surface area contributed by atoms with Gasteiger partial charge in [0.1, 0.15) is 5.82 Å². The molecule has 0 unspecified atom stereocenters. The predicted octanol–water partition coefficient (Wildman–Crippen LogP) is 2.54. The summed E-state index contributed by atoms with van der Waals surface area (Å²) < 4.78 is 28.3. The van der Waals surface area contributed by atoms with Crippen LogP contribution in [-0.4, -0.2) is 48.7 Å². The highest BCUT2D eigenvalue weighted by atomic mass is 35.5. The molecule has 1 aromatic heterocycles. The minimum atomic E-state index is -3.39. The number of halogens is 1. The first-order chi connectivity index (χ1) is 14.4. The lowest BCUT2D eigenvalue weighted by Gasteiger charge is -2.34. The molecular weight excluding hydrogens is 424 g/mol. The summed E-state index contributed by atoms with van der Waals surface area (Å²) in [6.07, 6.45) is 0. The zero-order valence-corrected chi connectivity index (χ0v) is 17.8. The molecule has 0 aliphatic carbocycles. The van der Waals surface area contributed by atoms with Crippen LogP contribution in [0.1, 0.15) is 5.56 Å². The van der Waals surface area contributed by atoms with Crippen molar-refractivity contribution in [3.05, 3.63) is 87.7 Å². The fourth-order valence-electron chi connectivity index (χ4n) is 3.41. The summed E-state index contributed by atoms with van der Waals surface area (Å²) in [6, 6.07) is 19.2. The first-order valence-electron chi connectivity index (χ1n) is 9.55. The molecule has 2 aromatic carbocycles. The predicted molar refractivity (Wildman–Crippen MR) is 118 cm³/mol. The Hall–Kier alpha value is -2.68. The number of benzene rings is 2. The number of rotatable bonds is 5. The number of piperazine rings is 1. The van der Waals surface area contributed by atoms with Gasteiger partial charge < -0.3 is 4.90 Å². The number of anilines is 1. The second kappa shape index (κ2) is 8.59. The van der Waals surface area contributed by atoms with E-state index in [1.807, 2.05) is 35.2 Å². The van der Waals surface area contributed by atoms with Crippen LogP contribution in [0, 0.1) is 0 Å². The third-order valence-electron chi connectivity index (χ3n) is 5.01. The van der Waals surface area contributed by atoms with Crippen LogP contribution >= 0.6 is 11.6 Å². The SMILES string of the molecule is O=c1ccc(N2CCN(S(=O)(=O)Cc3ccccc3)CC2)nn1-c1ccc(Cl)cc1. The van der Waals surface area contributed by atoms with Gasteiger partial charge in [0, 0.05) is 37.3 Å². The zero-order valence-electron chi connectivity index (χ0n) is 16.2. The molecular formula is C21H21ClN4O3S. The first-order valence-corrected chi connectivity index (χ1v) is 11.5. The van der Waals surface area contributed by atoms with E-state index in [9.17, 15) is 13.2 Å². The van der Waals surface area contributed by atoms with Gasteiger partial charge in [0.15, 0.2) is 0 Å². The molecule has 0 bridgehead atoms. The molecule has 0 spiro atoms. The summed E-state index contributed by atoms with van der Waals surface area (Å²) in [5.74, 6) is 0.623. The number of hydrogen-bond acceptors (Lipinski definition) is 5. The highest BCUT2D eigenvalue weighted by Crippen LogP contribution is 2.18. The van der Waals surface area contributed by atoms with Gasteiger partial charge in [-0.1, -0.05) is 41.9 Å². The molecule has 0 atom stereocenters. The molecule has 0 saturated carbocycles. The van der Waals surface area contributed by atoms with Crippen molar-refractivity contribution in [2.75, 3.05) is 31.1 Å². The Balaban J connectivity index is 1.47. The fraction of sp³-hybridized carbons (Fsp3) is 0.238. The van der Waals surface area contributed by atoms with Gasteiger partial charge in [-0.15, -0.1) is 5.10 Å². The number of nitrogens with zero attached hydrogens (tertiary/aromatic N) is 4. The van der Waals surface area contributed by atoms with Crippen molar-refractivity contribution in [1.29, 1.82) is 0 Å². The minimum absolute atomic E-state index is 0.00641. The molecule has 0 amide bonds. The van der Waals surface area contributed by atoms with E-state index in [0.717, 1.165) is 5.56 Å². The summed E-state index contributed by atoms with van der Waals surface area (Å²) >= 11 is 5.92. The Morgan fingerprint density at radius 2 is 1.53 bits per heavy atom. The Kier molecular flexibility index (Phi) is 5.90. The molecule has 1 saturated heterocycles. The molecule has 1 aliphatic rings. The van der Waals surface area contributed by atoms with Crippen LogP contribution in [0.15, 0.2) is 71.5 Å². The molecule has 9 heteroatoms. The fourth-order valence-corrected chi connectivity index (χ4v) is 5.05. The molecule has 4 rings (SSSR count). The van der Waals surface area contributed by atoms with Crippen molar-refractivity contribution < 1.29 is 8.42 Å². The first kappa shape index (κ1) is 20.6. The minimum Gasteiger partial charge on any atom is -0.353 e. The topological polar surface area (TPSA) is 75.5 Å². The van der Waals surface area contributed by atoms with Gasteiger partial charge in [0.2, 0.25) is 10.0 Å². The summed E-state index contributed by atoms with van der Waals surface area (Å²) in [7, 11) is -3.39. The maximum atomic E-state index is 12.7. The molecule has 0 N–H and O–H groups in total. The molecule has 7 nitrogen and oxygen atoms in total. The van der Waals surface area contributed by atoms with Crippen LogP contribution in [-0.2, 0) is 15.8 Å². The van der Waals surface area contributed by atoms with Gasteiger partial charge in [-0.25, -0.2) is 8.42 Å². The molecule has 1 fully saturated rings. The largest absolute Gasteiger partial charge is 0.353 e. The molecule has 1 aliphatic heterocycles. The van der Waals surface area contributed by atoms with Gasteiger partial charge in [0.05, 0.1) is 11.4 Å². The van der Waals surface area contributed by atoms with E-state index in [-0.39, 0.29) is 11.3 Å². The average molecular weight is 445 g/mol. The van der Waals surface area contributed by atoms with E-state index in [1.165, 1.54) is 15.1 Å². The second-order valence-electron chi connectivity index (χ2n) is 7.05. The Morgan fingerprint density at radius 1 is 0.867 bits per heavy atom. The maximum Gasteiger partial charge on any atom is 0.271 e. The van der Waals surface area contributed by atoms with Crippen LogP contribution in [0.4, 0.5) is 5.82 Å². The highest BCUT2D eigenvalue weighted by molar-refractivity contribution is 7.88. The van der Waals surface area contributed by atoms with Crippen LogP contribution < -0.4 is 10.5 Å². The van der Waals surface area contributed by atoms with E-state index in [2.05, 4.69) is 5.10 Å². The van der Waals surface area contributed by atoms with Crippen molar-refractivity contribution in [3.63, 3.8) is 0 Å². The standard InChI is InChI=1S/C21H21ClN4O3S/c22-18-6-8-19(9-7-18)26-21(27)11-10-20(23-26)24-12-14-25(15-13-24)30(28,29)16-17-4-2-1-3-5-17/h1-11H,12-16H2. The normalized spacial score (nSPS) is 15.3. The van der Waals surface area contributed by atoms with Crippen LogP contribution in [0.3, 0.4) is 0 Å². The van der Waals surface area contributed by atoms with Crippen molar-refractivity contribution in [2.45, 2.75) is 5.75 Å². The van der Waals surface area contributed by atoms with Crippen molar-refractivity contribution in [3.8, 4) is 5.69 Å². The highest BCUT2D eigenvalue weighted by Gasteiger charge is 2.27. The average Bonchev–Trinajstić information content (AvgIpc) is 2.75. The zero-order chi connectivity index (χ0) is 21.1. The Morgan fingerprint density at radius 3 is 2.20 bits per heavy atom. The van der Waals surface area contributed by atoms with Crippen LogP contribution in [0.25, 0.3) is 5.69 Å². The Bertz CT molecular complexity index is 1170. The number of hydrogen-bond donors (Lipinski definition) is 0. The maximum absolute atomic E-state index is 12.7.